The summed E-state index contributed by atoms with van der Waals surface area (Å²) in [6.07, 6.45) is 2.98. The van der Waals surface area contributed by atoms with Crippen molar-refractivity contribution in [3.05, 3.63) is 72.8 Å². The van der Waals surface area contributed by atoms with Crippen LogP contribution in [0.5, 0.6) is 5.75 Å². The van der Waals surface area contributed by atoms with Crippen LogP contribution in [0.15, 0.2) is 87.5 Å². The maximum Gasteiger partial charge on any atom is 0.220 e. The van der Waals surface area contributed by atoms with Gasteiger partial charge in [0.05, 0.1) is 22.9 Å². The molecule has 0 fully saturated rings. The largest absolute Gasteiger partial charge is 0.494 e. The predicted octanol–water partition coefficient (Wildman–Crippen LogP) is 5.06. The number of hydrogen-bond donors (Lipinski definition) is 1. The summed E-state index contributed by atoms with van der Waals surface area (Å²) >= 11 is 1.79. The summed E-state index contributed by atoms with van der Waals surface area (Å²) in [7, 11) is -3.22. The molecule has 1 aliphatic rings. The molecule has 0 atom stereocenters. The van der Waals surface area contributed by atoms with E-state index in [-0.39, 0.29) is 10.8 Å². The molecule has 0 saturated heterocycles. The van der Waals surface area contributed by atoms with E-state index in [1.807, 2.05) is 0 Å². The summed E-state index contributed by atoms with van der Waals surface area (Å²) in [6, 6.07) is 23.1. The average molecular weight is 497 g/mol. The topological polar surface area (TPSA) is 75.7 Å². The van der Waals surface area contributed by atoms with Crippen molar-refractivity contribution in [2.75, 3.05) is 30.9 Å². The first-order valence-electron chi connectivity index (χ1n) is 11.2. The molecular weight excluding hydrogens is 468 g/mol. The van der Waals surface area contributed by atoms with Gasteiger partial charge in [-0.1, -0.05) is 36.0 Å². The molecular formula is C26H28N2O4S2. The lowest BCUT2D eigenvalue weighted by atomic mass is 10.2. The molecule has 0 bridgehead atoms. The third kappa shape index (κ3) is 6.12. The smallest absolute Gasteiger partial charge is 0.220 e. The van der Waals surface area contributed by atoms with E-state index in [9.17, 15) is 13.2 Å². The van der Waals surface area contributed by atoms with Crippen LogP contribution >= 0.6 is 11.8 Å². The van der Waals surface area contributed by atoms with Gasteiger partial charge in [0.2, 0.25) is 5.91 Å². The number of hydrogen-bond acceptors (Lipinski definition) is 6. The van der Waals surface area contributed by atoms with Crippen molar-refractivity contribution >= 4 is 38.9 Å². The molecule has 1 N–H and O–H groups in total. The van der Waals surface area contributed by atoms with E-state index in [0.717, 1.165) is 13.0 Å². The fraction of sp³-hybridized carbons (Fsp3) is 0.269. The van der Waals surface area contributed by atoms with Crippen molar-refractivity contribution < 1.29 is 17.9 Å². The Morgan fingerprint density at radius 2 is 1.53 bits per heavy atom. The number of fused-ring (bicyclic) bond motifs is 2. The van der Waals surface area contributed by atoms with Crippen LogP contribution in [-0.4, -0.2) is 40.3 Å². The van der Waals surface area contributed by atoms with E-state index in [0.29, 0.717) is 31.7 Å². The molecule has 0 aliphatic carbocycles. The molecule has 1 heterocycles. The maximum absolute atomic E-state index is 12.2. The molecule has 178 valence electrons. The quantitative estimate of drug-likeness (QED) is 0.396. The summed E-state index contributed by atoms with van der Waals surface area (Å²) in [5.74, 6) is 0.596. The normalized spacial score (nSPS) is 12.6. The number of nitrogens with zero attached hydrogens (tertiary/aromatic N) is 1. The second kappa shape index (κ2) is 11.0. The van der Waals surface area contributed by atoms with Crippen LogP contribution in [0, 0.1) is 0 Å². The van der Waals surface area contributed by atoms with Gasteiger partial charge in [-0.25, -0.2) is 8.42 Å². The number of ether oxygens (including phenoxy) is 1. The lowest BCUT2D eigenvalue weighted by Crippen LogP contribution is -2.29. The van der Waals surface area contributed by atoms with Crippen LogP contribution in [0.3, 0.4) is 0 Å². The maximum atomic E-state index is 12.2. The molecule has 8 heteroatoms. The monoisotopic (exact) mass is 496 g/mol. The number of anilines is 2. The van der Waals surface area contributed by atoms with Crippen molar-refractivity contribution in [2.24, 2.45) is 0 Å². The third-order valence-corrected chi connectivity index (χ3v) is 7.74. The van der Waals surface area contributed by atoms with Crippen molar-refractivity contribution in [1.82, 2.24) is 5.32 Å². The Morgan fingerprint density at radius 1 is 0.912 bits per heavy atom. The van der Waals surface area contributed by atoms with E-state index in [2.05, 4.69) is 58.7 Å². The zero-order valence-corrected chi connectivity index (χ0v) is 20.7. The summed E-state index contributed by atoms with van der Waals surface area (Å²) < 4.78 is 28.6. The van der Waals surface area contributed by atoms with Gasteiger partial charge in [-0.2, -0.15) is 0 Å². The number of rotatable bonds is 10. The fourth-order valence-electron chi connectivity index (χ4n) is 3.78. The third-order valence-electron chi connectivity index (χ3n) is 5.48. The van der Waals surface area contributed by atoms with E-state index in [1.54, 1.807) is 23.9 Å². The van der Waals surface area contributed by atoms with Gasteiger partial charge < -0.3 is 15.0 Å². The first-order valence-corrected chi connectivity index (χ1v) is 14.0. The Bertz CT molecular complexity index is 1200. The Kier molecular flexibility index (Phi) is 7.80. The molecule has 3 aromatic carbocycles. The molecule has 3 aromatic rings. The molecule has 0 saturated carbocycles. The van der Waals surface area contributed by atoms with Crippen molar-refractivity contribution in [1.29, 1.82) is 0 Å². The predicted molar refractivity (Wildman–Crippen MR) is 136 cm³/mol. The van der Waals surface area contributed by atoms with Gasteiger partial charge in [0, 0.05) is 35.6 Å². The minimum Gasteiger partial charge on any atom is -0.494 e. The van der Waals surface area contributed by atoms with Crippen LogP contribution in [0.2, 0.25) is 0 Å². The minimum absolute atomic E-state index is 0.00558. The van der Waals surface area contributed by atoms with Crippen LogP contribution < -0.4 is 15.0 Å². The number of nitrogens with one attached hydrogen (secondary N) is 1. The molecule has 1 aliphatic heterocycles. The summed E-state index contributed by atoms with van der Waals surface area (Å²) in [4.78, 5) is 17.3. The van der Waals surface area contributed by atoms with Gasteiger partial charge in [0.25, 0.3) is 0 Å². The van der Waals surface area contributed by atoms with Gasteiger partial charge in [-0.3, -0.25) is 4.79 Å². The number of carbonyl (C=O) groups is 1. The van der Waals surface area contributed by atoms with Crippen LogP contribution in [0.1, 0.15) is 19.3 Å². The first kappa shape index (κ1) is 24.2. The number of para-hydroxylation sites is 2. The minimum atomic E-state index is -3.22. The van der Waals surface area contributed by atoms with Gasteiger partial charge in [0.1, 0.15) is 5.75 Å². The molecule has 0 radical (unpaired) electrons. The Hall–Kier alpha value is -2.97. The molecule has 1 amide bonds. The highest BCUT2D eigenvalue weighted by molar-refractivity contribution is 7.99. The summed E-state index contributed by atoms with van der Waals surface area (Å²) in [5.41, 5.74) is 2.42. The molecule has 0 aromatic heterocycles. The highest BCUT2D eigenvalue weighted by Crippen LogP contribution is 2.47. The van der Waals surface area contributed by atoms with Crippen LogP contribution in [0.4, 0.5) is 11.4 Å². The number of benzene rings is 3. The summed E-state index contributed by atoms with van der Waals surface area (Å²) in [5, 5.41) is 3.00. The number of carbonyl (C=O) groups excluding carboxylic acids is 1. The van der Waals surface area contributed by atoms with Gasteiger partial charge >= 0.3 is 0 Å². The average Bonchev–Trinajstić information content (AvgIpc) is 2.83. The molecule has 34 heavy (non-hydrogen) atoms. The Morgan fingerprint density at radius 3 is 2.15 bits per heavy atom. The second-order valence-corrected chi connectivity index (χ2v) is 11.2. The Labute approximate surface area is 205 Å². The lowest BCUT2D eigenvalue weighted by molar-refractivity contribution is -0.121. The van der Waals surface area contributed by atoms with Gasteiger partial charge in [-0.05, 0) is 61.4 Å². The lowest BCUT2D eigenvalue weighted by Gasteiger charge is -2.32. The van der Waals surface area contributed by atoms with Crippen molar-refractivity contribution in [3.8, 4) is 5.75 Å². The summed E-state index contributed by atoms with van der Waals surface area (Å²) in [6.45, 7) is 1.83. The standard InChI is InChI=1S/C26H28N2O4S2/c1-34(30,31)21-15-13-20(14-16-21)32-19-6-12-26(29)27-17-7-18-28-22-8-2-4-10-24(22)33-25-11-5-3-9-23(25)28/h2-5,8-11,13-16H,6-7,12,17-19H2,1H3,(H,27,29). The molecule has 0 spiro atoms. The number of amides is 1. The van der Waals surface area contributed by atoms with E-state index in [1.165, 1.54) is 39.6 Å². The zero-order valence-electron chi connectivity index (χ0n) is 19.1. The zero-order chi connectivity index (χ0) is 24.0. The van der Waals surface area contributed by atoms with E-state index >= 15 is 0 Å². The Balaban J connectivity index is 1.18. The fourth-order valence-corrected chi connectivity index (χ4v) is 5.51. The molecule has 6 nitrogen and oxygen atoms in total. The second-order valence-electron chi connectivity index (χ2n) is 8.09. The molecule has 4 rings (SSSR count). The first-order chi connectivity index (χ1) is 16.4. The number of sulfone groups is 1. The van der Waals surface area contributed by atoms with Gasteiger partial charge in [0.15, 0.2) is 9.84 Å². The highest BCUT2D eigenvalue weighted by Gasteiger charge is 2.22. The van der Waals surface area contributed by atoms with E-state index < -0.39 is 9.84 Å². The molecule has 0 unspecified atom stereocenters. The van der Waals surface area contributed by atoms with Crippen molar-refractivity contribution in [2.45, 2.75) is 33.9 Å². The SMILES string of the molecule is CS(=O)(=O)c1ccc(OCCCC(=O)NCCCN2c3ccccc3Sc3ccccc32)cc1. The van der Waals surface area contributed by atoms with Crippen LogP contribution in [0.25, 0.3) is 0 Å². The van der Waals surface area contributed by atoms with Crippen molar-refractivity contribution in [3.63, 3.8) is 0 Å². The van der Waals surface area contributed by atoms with Crippen LogP contribution in [-0.2, 0) is 14.6 Å². The highest BCUT2D eigenvalue weighted by atomic mass is 32.2. The van der Waals surface area contributed by atoms with E-state index in [4.69, 9.17) is 4.74 Å². The van der Waals surface area contributed by atoms with Gasteiger partial charge in [-0.15, -0.1) is 0 Å².